The van der Waals surface area contributed by atoms with Crippen molar-refractivity contribution in [1.29, 1.82) is 0 Å². The lowest BCUT2D eigenvalue weighted by Gasteiger charge is -2.28. The summed E-state index contributed by atoms with van der Waals surface area (Å²) in [5, 5.41) is 13.4. The number of aliphatic hydroxyl groups excluding tert-OH is 1. The molecule has 0 spiro atoms. The molecule has 2 aromatic heterocycles. The third-order valence-corrected chi connectivity index (χ3v) is 7.44. The van der Waals surface area contributed by atoms with Crippen LogP contribution in [0.1, 0.15) is 50.2 Å². The van der Waals surface area contributed by atoms with Gasteiger partial charge < -0.3 is 23.7 Å². The van der Waals surface area contributed by atoms with Crippen LogP contribution in [0, 0.1) is 6.92 Å². The second-order valence-corrected chi connectivity index (χ2v) is 10.4. The molecule has 1 aromatic carbocycles. The van der Waals surface area contributed by atoms with E-state index in [2.05, 4.69) is 9.88 Å². The second-order valence-electron chi connectivity index (χ2n) is 10.4. The smallest absolute Gasteiger partial charge is 0.326 e. The van der Waals surface area contributed by atoms with Crippen LogP contribution in [0.5, 0.6) is 0 Å². The van der Waals surface area contributed by atoms with Gasteiger partial charge in [0.15, 0.2) is 0 Å². The molecule has 3 atom stereocenters. The van der Waals surface area contributed by atoms with E-state index in [4.69, 9.17) is 14.5 Å². The molecule has 5 rings (SSSR count). The highest BCUT2D eigenvalue weighted by Crippen LogP contribution is 2.28. The highest BCUT2D eigenvalue weighted by Gasteiger charge is 2.30. The number of ether oxygens (including phenoxy) is 2. The Kier molecular flexibility index (Phi) is 7.46. The van der Waals surface area contributed by atoms with Crippen LogP contribution in [-0.4, -0.2) is 56.2 Å². The zero-order chi connectivity index (χ0) is 26.1. The van der Waals surface area contributed by atoms with E-state index in [-0.39, 0.29) is 17.8 Å². The summed E-state index contributed by atoms with van der Waals surface area (Å²) in [6.45, 7) is 5.25. The number of nitrogens with zero attached hydrogens (tertiary/aromatic N) is 3. The van der Waals surface area contributed by atoms with Crippen molar-refractivity contribution in [2.45, 2.75) is 83.4 Å². The fraction of sp³-hybridized carbons (Fsp3) is 0.536. The largest absolute Gasteiger partial charge is 0.461 e. The summed E-state index contributed by atoms with van der Waals surface area (Å²) >= 11 is 0. The molecule has 37 heavy (non-hydrogen) atoms. The topological polar surface area (TPSA) is 108 Å². The Morgan fingerprint density at radius 1 is 1.27 bits per heavy atom. The number of fused-ring (bicyclic) bond motifs is 1. The van der Waals surface area contributed by atoms with Crippen molar-refractivity contribution >= 4 is 17.0 Å². The van der Waals surface area contributed by atoms with Crippen molar-refractivity contribution in [3.8, 4) is 11.4 Å². The Morgan fingerprint density at radius 2 is 2.08 bits per heavy atom. The van der Waals surface area contributed by atoms with Crippen LogP contribution in [0.15, 0.2) is 35.3 Å². The number of aliphatic hydroxyl groups is 1. The number of carbonyl (C=O) groups is 1. The van der Waals surface area contributed by atoms with Gasteiger partial charge in [-0.3, -0.25) is 14.9 Å². The van der Waals surface area contributed by atoms with Crippen LogP contribution < -0.4 is 10.9 Å². The summed E-state index contributed by atoms with van der Waals surface area (Å²) in [6, 6.07) is 7.14. The first-order valence-electron chi connectivity index (χ1n) is 13.2. The van der Waals surface area contributed by atoms with Gasteiger partial charge >= 0.3 is 5.97 Å². The molecule has 1 aliphatic heterocycles. The van der Waals surface area contributed by atoms with Gasteiger partial charge in [0.25, 0.3) is 5.56 Å². The normalized spacial score (nSPS) is 19.6. The maximum atomic E-state index is 12.6. The van der Waals surface area contributed by atoms with E-state index in [9.17, 15) is 14.7 Å². The molecule has 2 aliphatic rings. The number of aryl methyl sites for hydroxylation is 2. The summed E-state index contributed by atoms with van der Waals surface area (Å²) < 4.78 is 15.2. The first-order valence-corrected chi connectivity index (χ1v) is 13.2. The second kappa shape index (κ2) is 10.8. The number of esters is 1. The van der Waals surface area contributed by atoms with E-state index in [1.54, 1.807) is 18.5 Å². The number of hydrogen-bond donors (Lipinski definition) is 2. The first-order chi connectivity index (χ1) is 17.8. The van der Waals surface area contributed by atoms with Crippen molar-refractivity contribution in [1.82, 2.24) is 19.4 Å². The zero-order valence-electron chi connectivity index (χ0n) is 21.8. The molecule has 0 amide bonds. The Hall–Kier alpha value is -3.01. The Labute approximate surface area is 216 Å². The molecule has 9 nitrogen and oxygen atoms in total. The number of benzene rings is 1. The molecular weight excluding hydrogens is 472 g/mol. The van der Waals surface area contributed by atoms with E-state index < -0.39 is 18.1 Å². The number of aromatic nitrogens is 3. The first kappa shape index (κ1) is 25.6. The third-order valence-electron chi connectivity index (χ3n) is 7.44. The number of imidazole rings is 1. The van der Waals surface area contributed by atoms with E-state index in [0.29, 0.717) is 18.7 Å². The summed E-state index contributed by atoms with van der Waals surface area (Å²) in [4.78, 5) is 29.8. The van der Waals surface area contributed by atoms with Crippen LogP contribution in [0.25, 0.3) is 22.4 Å². The highest BCUT2D eigenvalue weighted by atomic mass is 16.5. The number of hydrogen-bond acceptors (Lipinski definition) is 7. The van der Waals surface area contributed by atoms with Gasteiger partial charge in [0, 0.05) is 37.5 Å². The van der Waals surface area contributed by atoms with Gasteiger partial charge in [-0.25, -0.2) is 4.98 Å². The summed E-state index contributed by atoms with van der Waals surface area (Å²) in [7, 11) is 1.75. The summed E-state index contributed by atoms with van der Waals surface area (Å²) in [6.07, 6.45) is 5.96. The molecule has 198 valence electrons. The molecule has 0 unspecified atom stereocenters. The Bertz CT molecular complexity index is 1310. The van der Waals surface area contributed by atoms with Crippen molar-refractivity contribution < 1.29 is 19.4 Å². The van der Waals surface area contributed by atoms with Gasteiger partial charge in [-0.05, 0) is 69.7 Å². The van der Waals surface area contributed by atoms with E-state index >= 15 is 0 Å². The molecule has 1 saturated carbocycles. The lowest BCUT2D eigenvalue weighted by atomic mass is 9.96. The van der Waals surface area contributed by atoms with Crippen molar-refractivity contribution in [2.75, 3.05) is 6.61 Å². The molecule has 2 fully saturated rings. The monoisotopic (exact) mass is 508 g/mol. The van der Waals surface area contributed by atoms with Crippen LogP contribution in [-0.2, 0) is 34.4 Å². The van der Waals surface area contributed by atoms with Gasteiger partial charge in [0.1, 0.15) is 18.0 Å². The van der Waals surface area contributed by atoms with Gasteiger partial charge in [0.05, 0.1) is 29.8 Å². The molecule has 0 radical (unpaired) electrons. The fourth-order valence-corrected chi connectivity index (χ4v) is 5.09. The highest BCUT2D eigenvalue weighted by molar-refractivity contribution is 5.81. The van der Waals surface area contributed by atoms with Crippen molar-refractivity contribution in [3.05, 3.63) is 51.9 Å². The lowest BCUT2D eigenvalue weighted by Crippen LogP contribution is -2.47. The number of rotatable bonds is 9. The minimum absolute atomic E-state index is 0.0256. The summed E-state index contributed by atoms with van der Waals surface area (Å²) in [5.41, 5.74) is 4.27. The van der Waals surface area contributed by atoms with Crippen LogP contribution in [0.3, 0.4) is 0 Å². The maximum Gasteiger partial charge on any atom is 0.326 e. The number of nitrogens with one attached hydrogen (secondary N) is 1. The van der Waals surface area contributed by atoms with E-state index in [1.807, 2.05) is 37.4 Å². The quantitative estimate of drug-likeness (QED) is 0.428. The summed E-state index contributed by atoms with van der Waals surface area (Å²) in [5.74, 6) is 0.384. The van der Waals surface area contributed by atoms with E-state index in [1.165, 1.54) is 0 Å². The van der Waals surface area contributed by atoms with Gasteiger partial charge in [-0.1, -0.05) is 6.07 Å². The van der Waals surface area contributed by atoms with Gasteiger partial charge in [-0.2, -0.15) is 0 Å². The molecule has 1 saturated heterocycles. The van der Waals surface area contributed by atoms with Crippen molar-refractivity contribution in [3.63, 3.8) is 0 Å². The number of carbonyl (C=O) groups excluding carboxylic acids is 1. The van der Waals surface area contributed by atoms with Gasteiger partial charge in [-0.15, -0.1) is 0 Å². The molecular formula is C28H36N4O5. The standard InChI is InChI=1S/C28H36N4O5/c1-17-12-20(15-31(3)27(17)34)26-30-23-13-19(9-10-24(23)32(26)16-22-8-5-11-36-22)14-29-25(18(2)33)28(35)37-21-6-4-7-21/h9-10,12-13,15,18,21-22,25,29,33H,4-8,11,14,16H2,1-3H3/t18-,22-,25-/m0/s1. The lowest BCUT2D eigenvalue weighted by molar-refractivity contribution is -0.158. The van der Waals surface area contributed by atoms with Crippen LogP contribution in [0.2, 0.25) is 0 Å². The molecule has 1 aliphatic carbocycles. The minimum Gasteiger partial charge on any atom is -0.461 e. The predicted molar refractivity (Wildman–Crippen MR) is 140 cm³/mol. The Morgan fingerprint density at radius 3 is 2.73 bits per heavy atom. The number of pyridine rings is 1. The zero-order valence-corrected chi connectivity index (χ0v) is 21.8. The average Bonchev–Trinajstić information content (AvgIpc) is 3.47. The van der Waals surface area contributed by atoms with Crippen LogP contribution in [0.4, 0.5) is 0 Å². The third kappa shape index (κ3) is 5.49. The fourth-order valence-electron chi connectivity index (χ4n) is 5.09. The molecule has 0 bridgehead atoms. The molecule has 3 aromatic rings. The molecule has 3 heterocycles. The molecule has 9 heteroatoms. The maximum absolute atomic E-state index is 12.6. The predicted octanol–water partition coefficient (Wildman–Crippen LogP) is 2.82. The van der Waals surface area contributed by atoms with Crippen molar-refractivity contribution in [2.24, 2.45) is 7.05 Å². The molecule has 2 N–H and O–H groups in total. The SMILES string of the molecule is Cc1cc(-c2nc3cc(CN[C@H](C(=O)OC4CCC4)[C@H](C)O)ccc3n2C[C@@H]2CCCO2)cn(C)c1=O. The Balaban J connectivity index is 1.43. The average molecular weight is 509 g/mol. The van der Waals surface area contributed by atoms with Crippen LogP contribution >= 0.6 is 0 Å². The minimum atomic E-state index is -0.874. The van der Waals surface area contributed by atoms with E-state index in [0.717, 1.165) is 66.7 Å². The van der Waals surface area contributed by atoms with Gasteiger partial charge in [0.2, 0.25) is 0 Å².